The van der Waals surface area contributed by atoms with Crippen molar-refractivity contribution >= 4 is 24.6 Å². The van der Waals surface area contributed by atoms with Gasteiger partial charge < -0.3 is 14.7 Å². The molecule has 24 heavy (non-hydrogen) atoms. The van der Waals surface area contributed by atoms with E-state index >= 15 is 0 Å². The van der Waals surface area contributed by atoms with Crippen LogP contribution in [0.3, 0.4) is 0 Å². The minimum absolute atomic E-state index is 0.0731. The molecule has 0 bridgehead atoms. The summed E-state index contributed by atoms with van der Waals surface area (Å²) in [5, 5.41) is 18.7. The van der Waals surface area contributed by atoms with Crippen molar-refractivity contribution < 1.29 is 28.9 Å². The second kappa shape index (κ2) is 6.38. The highest BCUT2D eigenvalue weighted by Crippen LogP contribution is 2.56. The van der Waals surface area contributed by atoms with Crippen LogP contribution in [0.15, 0.2) is 48.6 Å². The second-order valence-corrected chi connectivity index (χ2v) is 8.32. The first-order valence-electron chi connectivity index (χ1n) is 7.57. The fraction of sp³-hybridized carbons (Fsp3) is 0.294. The molecule has 0 amide bonds. The first-order valence-corrected chi connectivity index (χ1v) is 9.38. The molecule has 0 saturated heterocycles. The molecule has 0 aromatic heterocycles. The maximum atomic E-state index is 13.5. The third-order valence-electron chi connectivity index (χ3n) is 4.27. The molecule has 0 fully saturated rings. The Balaban J connectivity index is 2.01. The molecule has 4 atom stereocenters. The zero-order valence-corrected chi connectivity index (χ0v) is 13.6. The van der Waals surface area contributed by atoms with Crippen LogP contribution >= 0.6 is 7.37 Å². The largest absolute Gasteiger partial charge is 0.481 e. The molecule has 1 aromatic rings. The Hall–Kier alpha value is -2.17. The second-order valence-electron chi connectivity index (χ2n) is 5.91. The fourth-order valence-electron chi connectivity index (χ4n) is 3.17. The zero-order valence-electron chi connectivity index (χ0n) is 12.7. The lowest BCUT2D eigenvalue weighted by molar-refractivity contribution is -0.147. The summed E-state index contributed by atoms with van der Waals surface area (Å²) >= 11 is 0. The van der Waals surface area contributed by atoms with Gasteiger partial charge in [0.2, 0.25) is 7.37 Å². The van der Waals surface area contributed by atoms with Gasteiger partial charge in [-0.3, -0.25) is 14.2 Å². The van der Waals surface area contributed by atoms with E-state index in [1.807, 2.05) is 24.3 Å². The van der Waals surface area contributed by atoms with Crippen molar-refractivity contribution in [2.75, 3.05) is 6.16 Å². The number of rotatable bonds is 5. The molecule has 0 saturated carbocycles. The van der Waals surface area contributed by atoms with Crippen LogP contribution in [0.25, 0.3) is 0 Å². The Morgan fingerprint density at radius 3 is 2.58 bits per heavy atom. The van der Waals surface area contributed by atoms with Crippen molar-refractivity contribution in [3.63, 3.8) is 0 Å². The summed E-state index contributed by atoms with van der Waals surface area (Å²) in [7, 11) is -3.49. The maximum Gasteiger partial charge on any atom is 0.307 e. The van der Waals surface area contributed by atoms with Crippen molar-refractivity contribution in [2.45, 2.75) is 18.4 Å². The normalized spacial score (nSPS) is 28.7. The number of carboxylic acids is 2. The zero-order chi connectivity index (χ0) is 17.3. The van der Waals surface area contributed by atoms with Gasteiger partial charge in [-0.05, 0) is 11.6 Å². The van der Waals surface area contributed by atoms with Gasteiger partial charge in [0, 0.05) is 17.4 Å². The molecule has 7 heteroatoms. The van der Waals surface area contributed by atoms with E-state index in [1.54, 1.807) is 24.3 Å². The number of carboxylic acid groups (broad SMARTS) is 2. The van der Waals surface area contributed by atoms with E-state index in [2.05, 4.69) is 0 Å². The number of allylic oxidation sites excluding steroid dienone is 2. The predicted octanol–water partition coefficient (Wildman–Crippen LogP) is 2.37. The Morgan fingerprint density at radius 1 is 1.17 bits per heavy atom. The summed E-state index contributed by atoms with van der Waals surface area (Å²) in [6, 6.07) is 7.10. The summed E-state index contributed by atoms with van der Waals surface area (Å²) in [5.41, 5.74) is 0.845. The lowest BCUT2D eigenvalue weighted by Crippen LogP contribution is -2.35. The van der Waals surface area contributed by atoms with E-state index in [9.17, 15) is 19.3 Å². The smallest absolute Gasteiger partial charge is 0.307 e. The fourth-order valence-corrected chi connectivity index (χ4v) is 5.96. The molecule has 1 aliphatic carbocycles. The van der Waals surface area contributed by atoms with Gasteiger partial charge in [-0.1, -0.05) is 42.5 Å². The first kappa shape index (κ1) is 16.7. The summed E-state index contributed by atoms with van der Waals surface area (Å²) in [4.78, 5) is 22.3. The number of aliphatic carboxylic acids is 2. The lowest BCUT2D eigenvalue weighted by atomic mass is 9.90. The summed E-state index contributed by atoms with van der Waals surface area (Å²) in [6.45, 7) is 0. The average Bonchev–Trinajstić information content (AvgIpc) is 2.54. The van der Waals surface area contributed by atoms with E-state index in [4.69, 9.17) is 9.63 Å². The molecule has 126 valence electrons. The molecule has 0 radical (unpaired) electrons. The lowest BCUT2D eigenvalue weighted by Gasteiger charge is -2.37. The highest BCUT2D eigenvalue weighted by atomic mass is 31.2. The number of hydrogen-bond acceptors (Lipinski definition) is 4. The van der Waals surface area contributed by atoms with Crippen LogP contribution in [0.2, 0.25) is 0 Å². The minimum atomic E-state index is -3.49. The Bertz CT molecular complexity index is 781. The van der Waals surface area contributed by atoms with Gasteiger partial charge in [-0.15, -0.1) is 0 Å². The minimum Gasteiger partial charge on any atom is -0.481 e. The maximum absolute atomic E-state index is 13.5. The van der Waals surface area contributed by atoms with E-state index in [0.29, 0.717) is 5.30 Å². The van der Waals surface area contributed by atoms with E-state index in [1.165, 1.54) is 0 Å². The highest BCUT2D eigenvalue weighted by molar-refractivity contribution is 7.67. The molecular formula is C17H17O6P. The van der Waals surface area contributed by atoms with Crippen LogP contribution in [-0.4, -0.2) is 34.4 Å². The number of carbonyl (C=O) groups is 2. The Morgan fingerprint density at radius 2 is 1.88 bits per heavy atom. The van der Waals surface area contributed by atoms with Crippen molar-refractivity contribution in [1.82, 2.24) is 0 Å². The molecule has 2 aliphatic rings. The van der Waals surface area contributed by atoms with Crippen LogP contribution < -0.4 is 5.30 Å². The van der Waals surface area contributed by atoms with Crippen LogP contribution in [0, 0.1) is 5.92 Å². The van der Waals surface area contributed by atoms with Gasteiger partial charge in [0.05, 0.1) is 18.4 Å². The molecule has 2 N–H and O–H groups in total. The Labute approximate surface area is 138 Å². The van der Waals surface area contributed by atoms with Crippen LogP contribution in [0.4, 0.5) is 0 Å². The van der Waals surface area contributed by atoms with Gasteiger partial charge in [-0.25, -0.2) is 0 Å². The monoisotopic (exact) mass is 348 g/mol. The van der Waals surface area contributed by atoms with Crippen molar-refractivity contribution in [3.05, 3.63) is 54.1 Å². The molecule has 4 unspecified atom stereocenters. The van der Waals surface area contributed by atoms with Crippen molar-refractivity contribution in [2.24, 2.45) is 5.92 Å². The molecule has 1 heterocycles. The van der Waals surface area contributed by atoms with Gasteiger partial charge in [-0.2, -0.15) is 0 Å². The van der Waals surface area contributed by atoms with Crippen LogP contribution in [0.5, 0.6) is 0 Å². The Kier molecular flexibility index (Phi) is 4.43. The van der Waals surface area contributed by atoms with Crippen LogP contribution in [-0.2, 0) is 18.7 Å². The predicted molar refractivity (Wildman–Crippen MR) is 87.8 cm³/mol. The van der Waals surface area contributed by atoms with E-state index in [0.717, 1.165) is 5.56 Å². The summed E-state index contributed by atoms with van der Waals surface area (Å²) < 4.78 is 19.3. The highest BCUT2D eigenvalue weighted by Gasteiger charge is 2.43. The standard InChI is InChI=1S/C17H17O6P/c18-16(19)9-11(17(20)21)10-24(22)15-8-4-2-6-13(15)12-5-1-3-7-14(12)23-24/h1-8,11-12,14H,9-10H2,(H,18,19)(H,20,21). The van der Waals surface area contributed by atoms with Gasteiger partial charge in [0.15, 0.2) is 0 Å². The van der Waals surface area contributed by atoms with Gasteiger partial charge in [0.25, 0.3) is 0 Å². The number of hydrogen-bond donors (Lipinski definition) is 2. The van der Waals surface area contributed by atoms with E-state index in [-0.39, 0.29) is 12.1 Å². The molecule has 6 nitrogen and oxygen atoms in total. The van der Waals surface area contributed by atoms with Crippen molar-refractivity contribution in [3.8, 4) is 0 Å². The third kappa shape index (κ3) is 3.07. The van der Waals surface area contributed by atoms with Gasteiger partial charge >= 0.3 is 11.9 Å². The van der Waals surface area contributed by atoms with Crippen molar-refractivity contribution in [1.29, 1.82) is 0 Å². The topological polar surface area (TPSA) is 101 Å². The average molecular weight is 348 g/mol. The molecule has 1 aliphatic heterocycles. The molecule has 0 spiro atoms. The molecule has 3 rings (SSSR count). The SMILES string of the molecule is O=C(O)CC(CP1(=O)OC2C=CC=CC2c2ccccc21)C(=O)O. The first-order chi connectivity index (χ1) is 11.4. The summed E-state index contributed by atoms with van der Waals surface area (Å²) in [6.07, 6.45) is 6.09. The molecule has 1 aromatic carbocycles. The van der Waals surface area contributed by atoms with Crippen LogP contribution in [0.1, 0.15) is 17.9 Å². The summed E-state index contributed by atoms with van der Waals surface area (Å²) in [5.74, 6) is -3.86. The number of benzene rings is 1. The van der Waals surface area contributed by atoms with E-state index < -0.39 is 37.8 Å². The van der Waals surface area contributed by atoms with Gasteiger partial charge in [0.1, 0.15) is 0 Å². The third-order valence-corrected chi connectivity index (χ3v) is 6.92. The molecular weight excluding hydrogens is 331 g/mol. The quantitative estimate of drug-likeness (QED) is 0.793. The number of fused-ring (bicyclic) bond motifs is 3.